The molecule has 94 valence electrons. The van der Waals surface area contributed by atoms with Gasteiger partial charge in [0.25, 0.3) is 0 Å². The topological polar surface area (TPSA) is 23.5 Å². The third kappa shape index (κ3) is 3.55. The summed E-state index contributed by atoms with van der Waals surface area (Å²) in [7, 11) is 0. The minimum Gasteiger partial charge on any atom is -0.390 e. The summed E-state index contributed by atoms with van der Waals surface area (Å²) in [6.07, 6.45) is 3.74. The molecule has 0 aromatic heterocycles. The predicted molar refractivity (Wildman–Crippen MR) is 71.1 cm³/mol. The number of rotatable bonds is 4. The van der Waals surface area contributed by atoms with E-state index in [4.69, 9.17) is 0 Å². The lowest BCUT2D eigenvalue weighted by Crippen LogP contribution is -2.44. The van der Waals surface area contributed by atoms with E-state index in [1.807, 2.05) is 6.07 Å². The first-order valence-corrected chi connectivity index (χ1v) is 6.70. The molecule has 1 aromatic rings. The van der Waals surface area contributed by atoms with Crippen LogP contribution in [0.15, 0.2) is 30.3 Å². The fourth-order valence-corrected chi connectivity index (χ4v) is 2.56. The second kappa shape index (κ2) is 5.65. The molecule has 1 N–H and O–H groups in total. The zero-order valence-corrected chi connectivity index (χ0v) is 10.7. The lowest BCUT2D eigenvalue weighted by Gasteiger charge is -2.37. The summed E-state index contributed by atoms with van der Waals surface area (Å²) in [4.78, 5) is 2.41. The smallest absolute Gasteiger partial charge is 0.0675 e. The fourth-order valence-electron chi connectivity index (χ4n) is 2.56. The molecule has 1 aromatic carbocycles. The molecule has 0 radical (unpaired) electrons. The van der Waals surface area contributed by atoms with Gasteiger partial charge in [-0.25, -0.2) is 0 Å². The van der Waals surface area contributed by atoms with E-state index in [2.05, 4.69) is 36.1 Å². The van der Waals surface area contributed by atoms with Crippen molar-refractivity contribution >= 4 is 0 Å². The lowest BCUT2D eigenvalue weighted by atomic mass is 9.86. The van der Waals surface area contributed by atoms with Crippen LogP contribution in [0.5, 0.6) is 0 Å². The molecule has 0 unspecified atom stereocenters. The molecule has 1 fully saturated rings. The Labute approximate surface area is 104 Å². The summed E-state index contributed by atoms with van der Waals surface area (Å²) in [5.74, 6) is 0. The molecule has 1 aliphatic rings. The van der Waals surface area contributed by atoms with Crippen LogP contribution < -0.4 is 0 Å². The van der Waals surface area contributed by atoms with Crippen molar-refractivity contribution < 1.29 is 5.11 Å². The van der Waals surface area contributed by atoms with Crippen molar-refractivity contribution in [3.63, 3.8) is 0 Å². The molecule has 0 amide bonds. The third-order valence-electron chi connectivity index (χ3n) is 3.96. The minimum absolute atomic E-state index is 0.429. The van der Waals surface area contributed by atoms with Crippen molar-refractivity contribution in [2.75, 3.05) is 19.6 Å². The number of piperidine rings is 1. The highest BCUT2D eigenvalue weighted by atomic mass is 16.3. The fraction of sp³-hybridized carbons (Fsp3) is 0.600. The SMILES string of the molecule is CCN1CCC(O)(CCc2ccccc2)CC1. The summed E-state index contributed by atoms with van der Waals surface area (Å²) < 4.78 is 0. The monoisotopic (exact) mass is 233 g/mol. The van der Waals surface area contributed by atoms with Crippen molar-refractivity contribution in [1.82, 2.24) is 4.90 Å². The van der Waals surface area contributed by atoms with Crippen LogP contribution in [0.4, 0.5) is 0 Å². The normalized spacial score (nSPS) is 20.4. The van der Waals surface area contributed by atoms with Gasteiger partial charge < -0.3 is 10.0 Å². The number of hydrogen-bond donors (Lipinski definition) is 1. The molecule has 0 spiro atoms. The number of hydrogen-bond acceptors (Lipinski definition) is 2. The standard InChI is InChI=1S/C15H23NO/c1-2-16-12-10-15(17,11-13-16)9-8-14-6-4-3-5-7-14/h3-7,17H,2,8-13H2,1H3. The Morgan fingerprint density at radius 3 is 2.41 bits per heavy atom. The van der Waals surface area contributed by atoms with Gasteiger partial charge in [-0.2, -0.15) is 0 Å². The van der Waals surface area contributed by atoms with Gasteiger partial charge in [0, 0.05) is 13.1 Å². The Hall–Kier alpha value is -0.860. The first-order chi connectivity index (χ1) is 8.22. The molecule has 1 saturated heterocycles. The highest BCUT2D eigenvalue weighted by molar-refractivity contribution is 5.15. The van der Waals surface area contributed by atoms with Crippen LogP contribution in [0.3, 0.4) is 0 Å². The van der Waals surface area contributed by atoms with E-state index >= 15 is 0 Å². The van der Waals surface area contributed by atoms with E-state index in [9.17, 15) is 5.11 Å². The van der Waals surface area contributed by atoms with Crippen LogP contribution in [-0.4, -0.2) is 35.2 Å². The van der Waals surface area contributed by atoms with Gasteiger partial charge in [-0.1, -0.05) is 37.3 Å². The van der Waals surface area contributed by atoms with Crippen LogP contribution in [0.1, 0.15) is 31.7 Å². The molecule has 17 heavy (non-hydrogen) atoms. The third-order valence-corrected chi connectivity index (χ3v) is 3.96. The summed E-state index contributed by atoms with van der Waals surface area (Å²) in [6.45, 7) is 5.38. The van der Waals surface area contributed by atoms with Crippen LogP contribution in [0.2, 0.25) is 0 Å². The van der Waals surface area contributed by atoms with Crippen LogP contribution in [-0.2, 0) is 6.42 Å². The molecule has 1 heterocycles. The molecule has 0 bridgehead atoms. The lowest BCUT2D eigenvalue weighted by molar-refractivity contribution is -0.0261. The molecule has 1 aliphatic heterocycles. The van der Waals surface area contributed by atoms with E-state index in [1.165, 1.54) is 5.56 Å². The maximum absolute atomic E-state index is 10.5. The minimum atomic E-state index is -0.429. The van der Waals surface area contributed by atoms with Gasteiger partial charge in [-0.15, -0.1) is 0 Å². The second-order valence-corrected chi connectivity index (χ2v) is 5.14. The molecule has 2 heteroatoms. The first kappa shape index (κ1) is 12.6. The van der Waals surface area contributed by atoms with E-state index < -0.39 is 5.60 Å². The van der Waals surface area contributed by atoms with Gasteiger partial charge in [-0.05, 0) is 37.8 Å². The van der Waals surface area contributed by atoms with E-state index in [-0.39, 0.29) is 0 Å². The quantitative estimate of drug-likeness (QED) is 0.863. The van der Waals surface area contributed by atoms with Crippen molar-refractivity contribution in [3.8, 4) is 0 Å². The molecular formula is C15H23NO. The predicted octanol–water partition coefficient (Wildman–Crippen LogP) is 2.47. The molecule has 0 atom stereocenters. The Balaban J connectivity index is 1.83. The maximum atomic E-state index is 10.5. The largest absolute Gasteiger partial charge is 0.390 e. The number of nitrogens with zero attached hydrogens (tertiary/aromatic N) is 1. The van der Waals surface area contributed by atoms with E-state index in [0.29, 0.717) is 0 Å². The Bertz CT molecular complexity index is 328. The maximum Gasteiger partial charge on any atom is 0.0675 e. The number of aryl methyl sites for hydroxylation is 1. The second-order valence-electron chi connectivity index (χ2n) is 5.14. The Kier molecular flexibility index (Phi) is 4.19. The summed E-state index contributed by atoms with van der Waals surface area (Å²) in [5.41, 5.74) is 0.903. The van der Waals surface area contributed by atoms with Gasteiger partial charge in [0.1, 0.15) is 0 Å². The highest BCUT2D eigenvalue weighted by Crippen LogP contribution is 2.26. The number of benzene rings is 1. The molecule has 2 rings (SSSR count). The highest BCUT2D eigenvalue weighted by Gasteiger charge is 2.31. The average molecular weight is 233 g/mol. The molecule has 0 aliphatic carbocycles. The zero-order chi connectivity index (χ0) is 12.1. The summed E-state index contributed by atoms with van der Waals surface area (Å²) >= 11 is 0. The van der Waals surface area contributed by atoms with Crippen LogP contribution in [0, 0.1) is 0 Å². The van der Waals surface area contributed by atoms with Crippen molar-refractivity contribution in [2.24, 2.45) is 0 Å². The first-order valence-electron chi connectivity index (χ1n) is 6.70. The van der Waals surface area contributed by atoms with Crippen LogP contribution in [0.25, 0.3) is 0 Å². The number of aliphatic hydroxyl groups is 1. The molecule has 2 nitrogen and oxygen atoms in total. The van der Waals surface area contributed by atoms with Gasteiger partial charge >= 0.3 is 0 Å². The average Bonchev–Trinajstić information content (AvgIpc) is 2.39. The Morgan fingerprint density at radius 1 is 1.18 bits per heavy atom. The van der Waals surface area contributed by atoms with Crippen molar-refractivity contribution in [1.29, 1.82) is 0 Å². The van der Waals surface area contributed by atoms with Crippen molar-refractivity contribution in [3.05, 3.63) is 35.9 Å². The molecule has 0 saturated carbocycles. The van der Waals surface area contributed by atoms with Gasteiger partial charge in [-0.3, -0.25) is 0 Å². The van der Waals surface area contributed by atoms with Crippen molar-refractivity contribution in [2.45, 2.75) is 38.2 Å². The van der Waals surface area contributed by atoms with Crippen LogP contribution >= 0.6 is 0 Å². The summed E-state index contributed by atoms with van der Waals surface area (Å²) in [5, 5.41) is 10.5. The number of likely N-dealkylation sites (tertiary alicyclic amines) is 1. The van der Waals surface area contributed by atoms with Gasteiger partial charge in [0.2, 0.25) is 0 Å². The van der Waals surface area contributed by atoms with E-state index in [1.54, 1.807) is 0 Å². The molecular weight excluding hydrogens is 210 g/mol. The summed E-state index contributed by atoms with van der Waals surface area (Å²) in [6, 6.07) is 10.5. The van der Waals surface area contributed by atoms with Gasteiger partial charge in [0.15, 0.2) is 0 Å². The van der Waals surface area contributed by atoms with Gasteiger partial charge in [0.05, 0.1) is 5.60 Å². The Morgan fingerprint density at radius 2 is 1.82 bits per heavy atom. The zero-order valence-electron chi connectivity index (χ0n) is 10.7. The van der Waals surface area contributed by atoms with E-state index in [0.717, 1.165) is 45.3 Å².